The van der Waals surface area contributed by atoms with Crippen LogP contribution in [0.25, 0.3) is 11.1 Å². The van der Waals surface area contributed by atoms with Crippen LogP contribution in [0, 0.1) is 17.5 Å². The topological polar surface area (TPSA) is 27.7 Å². The van der Waals surface area contributed by atoms with Gasteiger partial charge in [-0.25, -0.2) is 13.2 Å². The molecule has 1 saturated carbocycles. The van der Waals surface area contributed by atoms with Crippen molar-refractivity contribution in [3.05, 3.63) is 83.2 Å². The number of hydrogen-bond acceptors (Lipinski definition) is 3. The van der Waals surface area contributed by atoms with Gasteiger partial charge in [0, 0.05) is 12.2 Å². The monoisotopic (exact) mass is 512 g/mol. The largest absolute Gasteiger partial charge is 0.491 e. The van der Waals surface area contributed by atoms with E-state index in [2.05, 4.69) is 6.92 Å². The van der Waals surface area contributed by atoms with Gasteiger partial charge in [-0.15, -0.1) is 0 Å². The Labute approximate surface area is 217 Å². The summed E-state index contributed by atoms with van der Waals surface area (Å²) in [6, 6.07) is 15.2. The summed E-state index contributed by atoms with van der Waals surface area (Å²) in [6.45, 7) is 5.02. The molecule has 3 aromatic carbocycles. The fraction of sp³-hybridized carbons (Fsp3) is 0.419. The second-order valence-corrected chi connectivity index (χ2v) is 9.53. The maximum absolute atomic E-state index is 15.0. The van der Waals surface area contributed by atoms with E-state index >= 15 is 0 Å². The predicted octanol–water partition coefficient (Wildman–Crippen LogP) is 8.59. The molecule has 0 N–H and O–H groups in total. The first-order valence-electron chi connectivity index (χ1n) is 13.2. The van der Waals surface area contributed by atoms with Gasteiger partial charge in [0.15, 0.2) is 23.2 Å². The van der Waals surface area contributed by atoms with Gasteiger partial charge < -0.3 is 14.2 Å². The standard InChI is InChI=1S/C31H35F3O3/c1-3-5-18-36-25-14-8-22(9-15-25)27-16-10-24(30(33)31(27)34)20-37-26-12-6-21(7-13-26)23-11-17-29(35-4-2)28(32)19-23/h6-7,10-13,16-17,19,22,25H,3-5,8-9,14-15,18,20H2,1-2H3. The molecule has 198 valence electrons. The Morgan fingerprint density at radius 3 is 2.19 bits per heavy atom. The summed E-state index contributed by atoms with van der Waals surface area (Å²) in [5.41, 5.74) is 2.13. The molecule has 0 spiro atoms. The molecule has 1 aliphatic carbocycles. The van der Waals surface area contributed by atoms with Crippen LogP contribution in [0.5, 0.6) is 11.5 Å². The van der Waals surface area contributed by atoms with E-state index in [1.165, 1.54) is 6.07 Å². The number of halogens is 3. The minimum atomic E-state index is -0.847. The summed E-state index contributed by atoms with van der Waals surface area (Å²) >= 11 is 0. The fourth-order valence-corrected chi connectivity index (χ4v) is 4.82. The van der Waals surface area contributed by atoms with E-state index in [4.69, 9.17) is 14.2 Å². The highest BCUT2D eigenvalue weighted by Crippen LogP contribution is 2.36. The zero-order valence-corrected chi connectivity index (χ0v) is 21.6. The van der Waals surface area contributed by atoms with Crippen LogP contribution >= 0.6 is 0 Å². The van der Waals surface area contributed by atoms with Crippen LogP contribution in [0.3, 0.4) is 0 Å². The second kappa shape index (κ2) is 13.0. The summed E-state index contributed by atoms with van der Waals surface area (Å²) in [6.07, 6.45) is 5.73. The third kappa shape index (κ3) is 6.86. The zero-order chi connectivity index (χ0) is 26.2. The Bertz CT molecular complexity index is 1160. The van der Waals surface area contributed by atoms with Crippen LogP contribution in [-0.2, 0) is 11.3 Å². The highest BCUT2D eigenvalue weighted by atomic mass is 19.2. The van der Waals surface area contributed by atoms with Crippen molar-refractivity contribution in [1.82, 2.24) is 0 Å². The molecule has 0 amide bonds. The number of hydrogen-bond donors (Lipinski definition) is 0. The molecular formula is C31H35F3O3. The zero-order valence-electron chi connectivity index (χ0n) is 21.6. The van der Waals surface area contributed by atoms with Gasteiger partial charge in [0.05, 0.1) is 12.7 Å². The molecule has 0 heterocycles. The van der Waals surface area contributed by atoms with Crippen LogP contribution < -0.4 is 9.47 Å². The highest BCUT2D eigenvalue weighted by molar-refractivity contribution is 5.65. The Morgan fingerprint density at radius 2 is 1.51 bits per heavy atom. The van der Waals surface area contributed by atoms with E-state index in [9.17, 15) is 13.2 Å². The molecule has 3 nitrogen and oxygen atoms in total. The molecule has 1 fully saturated rings. The summed E-state index contributed by atoms with van der Waals surface area (Å²) in [4.78, 5) is 0. The molecule has 0 unspecified atom stereocenters. The molecule has 6 heteroatoms. The lowest BCUT2D eigenvalue weighted by Crippen LogP contribution is -2.22. The summed E-state index contributed by atoms with van der Waals surface area (Å²) in [5, 5.41) is 0. The van der Waals surface area contributed by atoms with Crippen molar-refractivity contribution in [2.24, 2.45) is 0 Å². The van der Waals surface area contributed by atoms with Gasteiger partial charge >= 0.3 is 0 Å². The van der Waals surface area contributed by atoms with Crippen molar-refractivity contribution >= 4 is 0 Å². The average molecular weight is 513 g/mol. The second-order valence-electron chi connectivity index (χ2n) is 9.53. The normalized spacial score (nSPS) is 17.5. The first-order valence-corrected chi connectivity index (χ1v) is 13.2. The minimum absolute atomic E-state index is 0.00970. The molecular weight excluding hydrogens is 477 g/mol. The van der Waals surface area contributed by atoms with Crippen LogP contribution in [0.4, 0.5) is 13.2 Å². The third-order valence-electron chi connectivity index (χ3n) is 6.97. The molecule has 0 radical (unpaired) electrons. The molecule has 0 atom stereocenters. The van der Waals surface area contributed by atoms with Gasteiger partial charge in [-0.05, 0) is 85.9 Å². The maximum atomic E-state index is 15.0. The maximum Gasteiger partial charge on any atom is 0.165 e. The van der Waals surface area contributed by atoms with Gasteiger partial charge in [-0.1, -0.05) is 43.7 Å². The van der Waals surface area contributed by atoms with Gasteiger partial charge in [0.25, 0.3) is 0 Å². The molecule has 1 aliphatic rings. The van der Waals surface area contributed by atoms with Crippen molar-refractivity contribution in [2.75, 3.05) is 13.2 Å². The van der Waals surface area contributed by atoms with Crippen molar-refractivity contribution in [3.8, 4) is 22.6 Å². The summed E-state index contributed by atoms with van der Waals surface area (Å²) in [7, 11) is 0. The SMILES string of the molecule is CCCCOC1CCC(c2ccc(COc3ccc(-c4ccc(OCC)c(F)c4)cc3)c(F)c2F)CC1. The van der Waals surface area contributed by atoms with Gasteiger partial charge in [0.1, 0.15) is 12.4 Å². The van der Waals surface area contributed by atoms with Crippen LogP contribution in [-0.4, -0.2) is 19.3 Å². The van der Waals surface area contributed by atoms with Gasteiger partial charge in [-0.2, -0.15) is 0 Å². The fourth-order valence-electron chi connectivity index (χ4n) is 4.82. The average Bonchev–Trinajstić information content (AvgIpc) is 2.92. The van der Waals surface area contributed by atoms with E-state index in [0.717, 1.165) is 50.7 Å². The Morgan fingerprint density at radius 1 is 0.784 bits per heavy atom. The van der Waals surface area contributed by atoms with Crippen molar-refractivity contribution < 1.29 is 27.4 Å². The van der Waals surface area contributed by atoms with E-state index in [1.807, 2.05) is 0 Å². The molecule has 3 aromatic rings. The van der Waals surface area contributed by atoms with E-state index in [1.54, 1.807) is 55.5 Å². The molecule has 0 bridgehead atoms. The number of benzene rings is 3. The number of ether oxygens (including phenoxy) is 3. The van der Waals surface area contributed by atoms with Crippen molar-refractivity contribution in [1.29, 1.82) is 0 Å². The van der Waals surface area contributed by atoms with Crippen LogP contribution in [0.15, 0.2) is 54.6 Å². The summed E-state index contributed by atoms with van der Waals surface area (Å²) in [5.74, 6) is -1.30. The Hall–Kier alpha value is -2.99. The highest BCUT2D eigenvalue weighted by Gasteiger charge is 2.26. The number of rotatable bonds is 11. The lowest BCUT2D eigenvalue weighted by molar-refractivity contribution is 0.0230. The third-order valence-corrected chi connectivity index (χ3v) is 6.97. The van der Waals surface area contributed by atoms with E-state index < -0.39 is 17.5 Å². The number of unbranched alkanes of at least 4 members (excludes halogenated alkanes) is 1. The minimum Gasteiger partial charge on any atom is -0.491 e. The molecule has 0 saturated heterocycles. The van der Waals surface area contributed by atoms with Crippen LogP contribution in [0.1, 0.15) is 69.4 Å². The molecule has 4 rings (SSSR count). The van der Waals surface area contributed by atoms with E-state index in [0.29, 0.717) is 23.5 Å². The molecule has 0 aliphatic heterocycles. The quantitative estimate of drug-likeness (QED) is 0.241. The lowest BCUT2D eigenvalue weighted by atomic mass is 9.82. The van der Waals surface area contributed by atoms with E-state index in [-0.39, 0.29) is 29.9 Å². The van der Waals surface area contributed by atoms with Gasteiger partial charge in [0.2, 0.25) is 0 Å². The first-order chi connectivity index (χ1) is 18.0. The Balaban J connectivity index is 1.34. The van der Waals surface area contributed by atoms with Crippen molar-refractivity contribution in [2.45, 2.75) is 71.0 Å². The predicted molar refractivity (Wildman–Crippen MR) is 140 cm³/mol. The molecule has 37 heavy (non-hydrogen) atoms. The van der Waals surface area contributed by atoms with Gasteiger partial charge in [-0.3, -0.25) is 0 Å². The Kier molecular flexibility index (Phi) is 9.51. The lowest BCUT2D eigenvalue weighted by Gasteiger charge is -2.29. The summed E-state index contributed by atoms with van der Waals surface area (Å²) < 4.78 is 60.9. The smallest absolute Gasteiger partial charge is 0.165 e. The first kappa shape index (κ1) is 27.1. The van der Waals surface area contributed by atoms with Crippen molar-refractivity contribution in [3.63, 3.8) is 0 Å². The molecule has 0 aromatic heterocycles. The van der Waals surface area contributed by atoms with Crippen LogP contribution in [0.2, 0.25) is 0 Å².